The summed E-state index contributed by atoms with van der Waals surface area (Å²) in [5, 5.41) is 11.8. The van der Waals surface area contributed by atoms with Gasteiger partial charge in [0, 0.05) is 25.6 Å². The van der Waals surface area contributed by atoms with Crippen LogP contribution < -0.4 is 10.2 Å². The number of aromatic nitrogens is 4. The average molecular weight is 415 g/mol. The van der Waals surface area contributed by atoms with E-state index in [1.165, 1.54) is 5.56 Å². The predicted octanol–water partition coefficient (Wildman–Crippen LogP) is 3.43. The van der Waals surface area contributed by atoms with Crippen LogP contribution in [0.3, 0.4) is 0 Å². The lowest BCUT2D eigenvalue weighted by Crippen LogP contribution is -2.40. The van der Waals surface area contributed by atoms with Crippen LogP contribution in [0.4, 0.5) is 5.82 Å². The van der Waals surface area contributed by atoms with Gasteiger partial charge >= 0.3 is 0 Å². The molecule has 0 saturated carbocycles. The molecule has 0 radical (unpaired) electrons. The van der Waals surface area contributed by atoms with Gasteiger partial charge in [-0.1, -0.05) is 42.0 Å². The molecule has 0 atom stereocenters. The van der Waals surface area contributed by atoms with Gasteiger partial charge in [0.25, 0.3) is 0 Å². The Kier molecular flexibility index (Phi) is 5.02. The lowest BCUT2D eigenvalue weighted by atomic mass is 9.96. The van der Waals surface area contributed by atoms with Gasteiger partial charge in [0.05, 0.1) is 11.0 Å². The first-order chi connectivity index (χ1) is 15.1. The Morgan fingerprint density at radius 3 is 2.55 bits per heavy atom. The van der Waals surface area contributed by atoms with Gasteiger partial charge in [0.2, 0.25) is 11.6 Å². The molecule has 1 amide bonds. The molecule has 1 saturated heterocycles. The Balaban J connectivity index is 1.29. The summed E-state index contributed by atoms with van der Waals surface area (Å²) in [7, 11) is 0. The lowest BCUT2D eigenvalue weighted by Gasteiger charge is -2.32. The quantitative estimate of drug-likeness (QED) is 0.554. The van der Waals surface area contributed by atoms with E-state index >= 15 is 0 Å². The zero-order valence-corrected chi connectivity index (χ0v) is 17.9. The zero-order chi connectivity index (χ0) is 21.4. The number of carbonyl (C=O) groups is 1. The Bertz CT molecular complexity index is 1240. The normalized spacial score (nSPS) is 15.0. The second-order valence-electron chi connectivity index (χ2n) is 8.30. The molecule has 3 heterocycles. The van der Waals surface area contributed by atoms with Crippen molar-refractivity contribution in [2.45, 2.75) is 33.2 Å². The SMILES string of the molecule is Cc1ccc(CNC(=O)C2CCN(c3nc4ccccc4n4c(C)nnc34)CC2)cc1. The number of rotatable bonds is 4. The highest BCUT2D eigenvalue weighted by Crippen LogP contribution is 2.28. The fraction of sp³-hybridized carbons (Fsp3) is 0.333. The van der Waals surface area contributed by atoms with E-state index in [0.29, 0.717) is 6.54 Å². The minimum Gasteiger partial charge on any atom is -0.353 e. The molecular weight excluding hydrogens is 388 g/mol. The molecule has 4 aromatic rings. The fourth-order valence-corrected chi connectivity index (χ4v) is 4.31. The van der Waals surface area contributed by atoms with Crippen LogP contribution >= 0.6 is 0 Å². The van der Waals surface area contributed by atoms with Crippen molar-refractivity contribution in [3.05, 3.63) is 65.5 Å². The molecule has 5 rings (SSSR count). The standard InChI is InChI=1S/C24H26N6O/c1-16-7-9-18(10-8-16)15-25-24(31)19-11-13-29(14-12-19)22-23-28-27-17(2)30(23)21-6-4-3-5-20(21)26-22/h3-10,19H,11-15H2,1-2H3,(H,25,31). The monoisotopic (exact) mass is 414 g/mol. The van der Waals surface area contributed by atoms with Crippen LogP contribution in [0, 0.1) is 19.8 Å². The van der Waals surface area contributed by atoms with Gasteiger partial charge in [-0.2, -0.15) is 0 Å². The zero-order valence-electron chi connectivity index (χ0n) is 17.9. The van der Waals surface area contributed by atoms with Crippen LogP contribution in [0.15, 0.2) is 48.5 Å². The largest absolute Gasteiger partial charge is 0.353 e. The van der Waals surface area contributed by atoms with Gasteiger partial charge in [-0.3, -0.25) is 9.20 Å². The first-order valence-electron chi connectivity index (χ1n) is 10.8. The number of nitrogens with zero attached hydrogens (tertiary/aromatic N) is 5. The maximum atomic E-state index is 12.7. The van der Waals surface area contributed by atoms with Crippen molar-refractivity contribution < 1.29 is 4.79 Å². The van der Waals surface area contributed by atoms with Crippen LogP contribution in [0.2, 0.25) is 0 Å². The Morgan fingerprint density at radius 2 is 1.77 bits per heavy atom. The molecule has 0 unspecified atom stereocenters. The molecule has 1 aliphatic rings. The molecular formula is C24H26N6O. The third-order valence-corrected chi connectivity index (χ3v) is 6.13. The van der Waals surface area contributed by atoms with Crippen LogP contribution in [0.1, 0.15) is 29.8 Å². The van der Waals surface area contributed by atoms with E-state index in [0.717, 1.165) is 59.8 Å². The second-order valence-corrected chi connectivity index (χ2v) is 8.30. The van der Waals surface area contributed by atoms with Crippen LogP contribution in [-0.4, -0.2) is 38.6 Å². The number of piperidine rings is 1. The highest BCUT2D eigenvalue weighted by Gasteiger charge is 2.27. The number of hydrogen-bond donors (Lipinski definition) is 1. The summed E-state index contributed by atoms with van der Waals surface area (Å²) in [6, 6.07) is 16.3. The third-order valence-electron chi connectivity index (χ3n) is 6.13. The van der Waals surface area contributed by atoms with Crippen molar-refractivity contribution in [2.75, 3.05) is 18.0 Å². The number of hydrogen-bond acceptors (Lipinski definition) is 5. The van der Waals surface area contributed by atoms with E-state index in [1.54, 1.807) is 0 Å². The molecule has 7 nitrogen and oxygen atoms in total. The van der Waals surface area contributed by atoms with Crippen molar-refractivity contribution in [2.24, 2.45) is 5.92 Å². The molecule has 7 heteroatoms. The van der Waals surface area contributed by atoms with E-state index in [9.17, 15) is 4.79 Å². The topological polar surface area (TPSA) is 75.4 Å². The smallest absolute Gasteiger partial charge is 0.223 e. The van der Waals surface area contributed by atoms with E-state index < -0.39 is 0 Å². The molecule has 1 aliphatic heterocycles. The number of anilines is 1. The molecule has 1 N–H and O–H groups in total. The Labute approximate surface area is 181 Å². The summed E-state index contributed by atoms with van der Waals surface area (Å²) in [6.07, 6.45) is 1.60. The van der Waals surface area contributed by atoms with Crippen LogP contribution in [-0.2, 0) is 11.3 Å². The minimum atomic E-state index is 0.0257. The summed E-state index contributed by atoms with van der Waals surface area (Å²) in [4.78, 5) is 19.8. The molecule has 0 bridgehead atoms. The first kappa shape index (κ1) is 19.5. The van der Waals surface area contributed by atoms with Crippen molar-refractivity contribution in [1.29, 1.82) is 0 Å². The molecule has 2 aromatic heterocycles. The lowest BCUT2D eigenvalue weighted by molar-refractivity contribution is -0.125. The molecule has 158 valence electrons. The maximum Gasteiger partial charge on any atom is 0.223 e. The average Bonchev–Trinajstić information content (AvgIpc) is 3.20. The van der Waals surface area contributed by atoms with E-state index in [1.807, 2.05) is 31.2 Å². The summed E-state index contributed by atoms with van der Waals surface area (Å²) in [5.41, 5.74) is 5.06. The minimum absolute atomic E-state index is 0.0257. The van der Waals surface area contributed by atoms with E-state index in [-0.39, 0.29) is 11.8 Å². The van der Waals surface area contributed by atoms with Crippen molar-refractivity contribution in [3.8, 4) is 0 Å². The van der Waals surface area contributed by atoms with Crippen LogP contribution in [0.5, 0.6) is 0 Å². The Morgan fingerprint density at radius 1 is 1.03 bits per heavy atom. The van der Waals surface area contributed by atoms with Crippen molar-refractivity contribution >= 4 is 28.4 Å². The Hall–Kier alpha value is -3.48. The predicted molar refractivity (Wildman–Crippen MR) is 121 cm³/mol. The van der Waals surface area contributed by atoms with Gasteiger partial charge < -0.3 is 10.2 Å². The highest BCUT2D eigenvalue weighted by atomic mass is 16.1. The maximum absolute atomic E-state index is 12.7. The number of fused-ring (bicyclic) bond motifs is 3. The van der Waals surface area contributed by atoms with Crippen molar-refractivity contribution in [1.82, 2.24) is 24.9 Å². The molecule has 0 spiro atoms. The van der Waals surface area contributed by atoms with Gasteiger partial charge in [0.1, 0.15) is 5.82 Å². The number of amides is 1. The van der Waals surface area contributed by atoms with Crippen molar-refractivity contribution in [3.63, 3.8) is 0 Å². The van der Waals surface area contributed by atoms with E-state index in [4.69, 9.17) is 4.98 Å². The summed E-state index contributed by atoms with van der Waals surface area (Å²) < 4.78 is 2.07. The summed E-state index contributed by atoms with van der Waals surface area (Å²) in [6.45, 7) is 6.15. The first-order valence-corrected chi connectivity index (χ1v) is 10.8. The number of benzene rings is 2. The molecule has 2 aromatic carbocycles. The summed E-state index contributed by atoms with van der Waals surface area (Å²) in [5.74, 6) is 1.85. The molecule has 31 heavy (non-hydrogen) atoms. The van der Waals surface area contributed by atoms with Gasteiger partial charge in [0.15, 0.2) is 5.82 Å². The fourth-order valence-electron chi connectivity index (χ4n) is 4.31. The number of nitrogens with one attached hydrogen (secondary N) is 1. The highest BCUT2D eigenvalue weighted by molar-refractivity contribution is 5.83. The van der Waals surface area contributed by atoms with Gasteiger partial charge in [-0.15, -0.1) is 10.2 Å². The number of para-hydroxylation sites is 2. The van der Waals surface area contributed by atoms with Gasteiger partial charge in [-0.25, -0.2) is 4.98 Å². The molecule has 0 aliphatic carbocycles. The number of aryl methyl sites for hydroxylation is 2. The molecule has 1 fully saturated rings. The number of carbonyl (C=O) groups excluding carboxylic acids is 1. The summed E-state index contributed by atoms with van der Waals surface area (Å²) >= 11 is 0. The van der Waals surface area contributed by atoms with E-state index in [2.05, 4.69) is 56.0 Å². The third kappa shape index (κ3) is 3.71. The van der Waals surface area contributed by atoms with Gasteiger partial charge in [-0.05, 0) is 44.4 Å². The second kappa shape index (κ2) is 7.98. The van der Waals surface area contributed by atoms with Crippen LogP contribution in [0.25, 0.3) is 16.7 Å².